The monoisotopic (exact) mass is 232 g/mol. The summed E-state index contributed by atoms with van der Waals surface area (Å²) < 4.78 is 0. The Bertz CT molecular complexity index is 342. The van der Waals surface area contributed by atoms with E-state index in [4.69, 9.17) is 0 Å². The molecule has 17 heavy (non-hydrogen) atoms. The molecule has 0 aliphatic heterocycles. The lowest BCUT2D eigenvalue weighted by Gasteiger charge is -2.03. The van der Waals surface area contributed by atoms with Crippen LogP contribution in [0.3, 0.4) is 0 Å². The van der Waals surface area contributed by atoms with E-state index in [0.29, 0.717) is 0 Å². The Labute approximate surface area is 106 Å². The van der Waals surface area contributed by atoms with Gasteiger partial charge in [-0.25, -0.2) is 0 Å². The lowest BCUT2D eigenvalue weighted by molar-refractivity contribution is 0.456. The van der Waals surface area contributed by atoms with E-state index < -0.39 is 0 Å². The fourth-order valence-electron chi connectivity index (χ4n) is 1.10. The number of nitrogens with zero attached hydrogens (tertiary/aromatic N) is 2. The Hall–Kier alpha value is -1.41. The van der Waals surface area contributed by atoms with Crippen LogP contribution in [0.2, 0.25) is 0 Å². The summed E-state index contributed by atoms with van der Waals surface area (Å²) in [4.78, 5) is 6.04. The van der Waals surface area contributed by atoms with Crippen molar-refractivity contribution in [2.24, 2.45) is 4.99 Å². The Morgan fingerprint density at radius 2 is 1.71 bits per heavy atom. The standard InChI is InChI=1S/C15H24N2/c1-14(10-7-13-17(4)5)8-6-9-15(2)11-12-16-3/h6-12H,13H2,1-5H3/b9-6?,10-7?,14-8?,15-11+,16-12?. The Morgan fingerprint density at radius 1 is 1.06 bits per heavy atom. The highest BCUT2D eigenvalue weighted by Crippen LogP contribution is 1.98. The Balaban J connectivity index is 4.23. The third-order valence-corrected chi connectivity index (χ3v) is 2.06. The van der Waals surface area contributed by atoms with Crippen LogP contribution in [-0.4, -0.2) is 38.8 Å². The second-order valence-corrected chi connectivity index (χ2v) is 4.25. The molecule has 94 valence electrons. The molecular weight excluding hydrogens is 208 g/mol. The molecule has 0 heterocycles. The molecule has 0 saturated carbocycles. The minimum Gasteiger partial charge on any atom is -0.306 e. The summed E-state index contributed by atoms with van der Waals surface area (Å²) >= 11 is 0. The van der Waals surface area contributed by atoms with E-state index >= 15 is 0 Å². The third-order valence-electron chi connectivity index (χ3n) is 2.06. The third kappa shape index (κ3) is 10.9. The molecule has 2 nitrogen and oxygen atoms in total. The van der Waals surface area contributed by atoms with Gasteiger partial charge < -0.3 is 4.90 Å². The van der Waals surface area contributed by atoms with Gasteiger partial charge in [-0.3, -0.25) is 4.99 Å². The quantitative estimate of drug-likeness (QED) is 0.507. The molecule has 0 atom stereocenters. The van der Waals surface area contributed by atoms with Crippen LogP contribution in [0, 0.1) is 0 Å². The van der Waals surface area contributed by atoms with E-state index in [1.54, 1.807) is 13.3 Å². The van der Waals surface area contributed by atoms with Crippen molar-refractivity contribution in [2.75, 3.05) is 27.7 Å². The zero-order valence-electron chi connectivity index (χ0n) is 11.6. The van der Waals surface area contributed by atoms with Crippen LogP contribution < -0.4 is 0 Å². The van der Waals surface area contributed by atoms with Crippen LogP contribution in [0.15, 0.2) is 52.6 Å². The second-order valence-electron chi connectivity index (χ2n) is 4.25. The summed E-state index contributed by atoms with van der Waals surface area (Å²) in [6.07, 6.45) is 14.3. The molecule has 2 heteroatoms. The van der Waals surface area contributed by atoms with Crippen molar-refractivity contribution < 1.29 is 0 Å². The zero-order valence-corrected chi connectivity index (χ0v) is 11.6. The largest absolute Gasteiger partial charge is 0.306 e. The molecule has 0 unspecified atom stereocenters. The smallest absolute Gasteiger partial charge is 0.0277 e. The molecule has 0 aliphatic carbocycles. The highest BCUT2D eigenvalue weighted by atomic mass is 15.0. The van der Waals surface area contributed by atoms with E-state index in [2.05, 4.69) is 68.2 Å². The summed E-state index contributed by atoms with van der Waals surface area (Å²) in [5, 5.41) is 0. The molecule has 0 spiro atoms. The first kappa shape index (κ1) is 15.6. The van der Waals surface area contributed by atoms with Crippen LogP contribution in [0.25, 0.3) is 0 Å². The van der Waals surface area contributed by atoms with Crippen LogP contribution >= 0.6 is 0 Å². The van der Waals surface area contributed by atoms with Gasteiger partial charge in [0.15, 0.2) is 0 Å². The predicted molar refractivity (Wildman–Crippen MR) is 78.8 cm³/mol. The summed E-state index contributed by atoms with van der Waals surface area (Å²) in [6, 6.07) is 0. The van der Waals surface area contributed by atoms with Gasteiger partial charge >= 0.3 is 0 Å². The van der Waals surface area contributed by atoms with E-state index in [0.717, 1.165) is 6.54 Å². The van der Waals surface area contributed by atoms with Crippen molar-refractivity contribution in [1.29, 1.82) is 0 Å². The van der Waals surface area contributed by atoms with Crippen LogP contribution in [0.4, 0.5) is 0 Å². The van der Waals surface area contributed by atoms with Crippen molar-refractivity contribution in [3.63, 3.8) is 0 Å². The maximum absolute atomic E-state index is 3.91. The van der Waals surface area contributed by atoms with Gasteiger partial charge in [-0.15, -0.1) is 0 Å². The van der Waals surface area contributed by atoms with E-state index in [-0.39, 0.29) is 0 Å². The second kappa shape index (κ2) is 9.79. The number of hydrogen-bond donors (Lipinski definition) is 0. The van der Waals surface area contributed by atoms with Crippen LogP contribution in [0.1, 0.15) is 13.8 Å². The molecule has 0 rings (SSSR count). The lowest BCUT2D eigenvalue weighted by Crippen LogP contribution is -2.10. The van der Waals surface area contributed by atoms with E-state index in [1.165, 1.54) is 11.1 Å². The SMILES string of the molecule is CN=C/C=C(\C)C=CC=C(C)C=CCN(C)C. The maximum atomic E-state index is 3.91. The van der Waals surface area contributed by atoms with Gasteiger partial charge in [0.05, 0.1) is 0 Å². The molecule has 0 aromatic heterocycles. The van der Waals surface area contributed by atoms with Crippen molar-refractivity contribution in [1.82, 2.24) is 4.90 Å². The number of hydrogen-bond acceptors (Lipinski definition) is 2. The first-order chi connectivity index (χ1) is 8.06. The molecule has 0 aliphatic rings. The van der Waals surface area contributed by atoms with Gasteiger partial charge in [-0.05, 0) is 39.6 Å². The van der Waals surface area contributed by atoms with Crippen molar-refractivity contribution in [3.05, 3.63) is 47.6 Å². The van der Waals surface area contributed by atoms with Gasteiger partial charge in [0.2, 0.25) is 0 Å². The number of likely N-dealkylation sites (N-methyl/N-ethyl adjacent to an activating group) is 1. The molecule has 0 amide bonds. The molecule has 0 fully saturated rings. The van der Waals surface area contributed by atoms with Crippen molar-refractivity contribution >= 4 is 6.21 Å². The van der Waals surface area contributed by atoms with Gasteiger partial charge in [0.1, 0.15) is 0 Å². The van der Waals surface area contributed by atoms with Gasteiger partial charge in [-0.1, -0.05) is 36.0 Å². The molecule has 0 radical (unpaired) electrons. The Morgan fingerprint density at radius 3 is 2.29 bits per heavy atom. The fourth-order valence-corrected chi connectivity index (χ4v) is 1.10. The molecule has 0 N–H and O–H groups in total. The van der Waals surface area contributed by atoms with Crippen molar-refractivity contribution in [3.8, 4) is 0 Å². The first-order valence-corrected chi connectivity index (χ1v) is 5.81. The molecule has 0 bridgehead atoms. The summed E-state index contributed by atoms with van der Waals surface area (Å²) in [5.74, 6) is 0. The van der Waals surface area contributed by atoms with E-state index in [9.17, 15) is 0 Å². The minimum absolute atomic E-state index is 0.973. The highest BCUT2D eigenvalue weighted by Gasteiger charge is 1.83. The average molecular weight is 232 g/mol. The summed E-state index contributed by atoms with van der Waals surface area (Å²) in [5.41, 5.74) is 2.44. The summed E-state index contributed by atoms with van der Waals surface area (Å²) in [6.45, 7) is 5.13. The van der Waals surface area contributed by atoms with Crippen molar-refractivity contribution in [2.45, 2.75) is 13.8 Å². The summed E-state index contributed by atoms with van der Waals surface area (Å²) in [7, 11) is 5.90. The number of allylic oxidation sites excluding steroid dienone is 7. The van der Waals surface area contributed by atoms with Gasteiger partial charge in [0, 0.05) is 19.8 Å². The average Bonchev–Trinajstić information content (AvgIpc) is 2.25. The molecule has 0 saturated heterocycles. The first-order valence-electron chi connectivity index (χ1n) is 5.81. The highest BCUT2D eigenvalue weighted by molar-refractivity contribution is 5.72. The predicted octanol–water partition coefficient (Wildman–Crippen LogP) is 3.25. The normalized spacial score (nSPS) is 14.9. The molecule has 0 aromatic carbocycles. The van der Waals surface area contributed by atoms with E-state index in [1.807, 2.05) is 6.08 Å². The number of rotatable bonds is 6. The van der Waals surface area contributed by atoms with Gasteiger partial charge in [0.25, 0.3) is 0 Å². The fraction of sp³-hybridized carbons (Fsp3) is 0.400. The maximum Gasteiger partial charge on any atom is 0.0277 e. The van der Waals surface area contributed by atoms with Crippen LogP contribution in [-0.2, 0) is 0 Å². The Kier molecular flexibility index (Phi) is 8.98. The minimum atomic E-state index is 0.973. The van der Waals surface area contributed by atoms with Gasteiger partial charge in [-0.2, -0.15) is 0 Å². The molecule has 0 aromatic rings. The number of aliphatic imine (C=N–C) groups is 1. The molecular formula is C15H24N2. The topological polar surface area (TPSA) is 15.6 Å². The lowest BCUT2D eigenvalue weighted by atomic mass is 10.2. The zero-order chi connectivity index (χ0) is 13.1. The van der Waals surface area contributed by atoms with Crippen LogP contribution in [0.5, 0.6) is 0 Å².